The van der Waals surface area contributed by atoms with E-state index < -0.39 is 0 Å². The zero-order valence-corrected chi connectivity index (χ0v) is 14.4. The molecule has 2 fully saturated rings. The maximum atomic E-state index is 13.0. The molecule has 1 atom stereocenters. The molecule has 3 heterocycles. The van der Waals surface area contributed by atoms with Gasteiger partial charge in [0, 0.05) is 51.2 Å². The van der Waals surface area contributed by atoms with Crippen LogP contribution in [0.5, 0.6) is 0 Å². The normalized spacial score (nSPS) is 20.5. The summed E-state index contributed by atoms with van der Waals surface area (Å²) in [6, 6.07) is 1.64. The van der Waals surface area contributed by atoms with Crippen molar-refractivity contribution in [2.45, 2.75) is 24.8 Å². The van der Waals surface area contributed by atoms with Gasteiger partial charge in [-0.25, -0.2) is 15.0 Å². The molecular weight excluding hydrogens is 328 g/mol. The summed E-state index contributed by atoms with van der Waals surface area (Å²) in [5.41, 5.74) is 0.489. The van der Waals surface area contributed by atoms with Gasteiger partial charge < -0.3 is 14.8 Å². The highest BCUT2D eigenvalue weighted by Crippen LogP contribution is 2.37. The molecule has 128 valence electrons. The van der Waals surface area contributed by atoms with Crippen molar-refractivity contribution in [2.75, 3.05) is 19.6 Å². The fraction of sp³-hybridized carbons (Fsp3) is 0.500. The van der Waals surface area contributed by atoms with Crippen molar-refractivity contribution in [1.29, 1.82) is 0 Å². The zero-order valence-electron chi connectivity index (χ0n) is 13.6. The number of aryl methyl sites for hydroxylation is 1. The summed E-state index contributed by atoms with van der Waals surface area (Å²) in [4.78, 5) is 28.1. The van der Waals surface area contributed by atoms with Gasteiger partial charge >= 0.3 is 0 Å². The summed E-state index contributed by atoms with van der Waals surface area (Å²) in [5.74, 6) is 2.10. The van der Waals surface area contributed by atoms with Gasteiger partial charge in [-0.1, -0.05) is 0 Å². The number of piperazine rings is 1. The summed E-state index contributed by atoms with van der Waals surface area (Å²) in [7, 11) is 1.95. The van der Waals surface area contributed by atoms with Crippen LogP contribution in [0.25, 0.3) is 0 Å². The van der Waals surface area contributed by atoms with Gasteiger partial charge in [0.15, 0.2) is 0 Å². The fourth-order valence-corrected chi connectivity index (χ4v) is 3.05. The van der Waals surface area contributed by atoms with E-state index in [1.807, 2.05) is 22.7 Å². The average molecular weight is 349 g/mol. The Hall–Kier alpha value is -1.99. The third-order valence-electron chi connectivity index (χ3n) is 4.50. The number of rotatable bonds is 3. The molecule has 0 radical (unpaired) electrons. The van der Waals surface area contributed by atoms with E-state index in [-0.39, 0.29) is 24.4 Å². The van der Waals surface area contributed by atoms with E-state index in [1.165, 1.54) is 0 Å². The van der Waals surface area contributed by atoms with Gasteiger partial charge in [-0.3, -0.25) is 4.79 Å². The van der Waals surface area contributed by atoms with Crippen LogP contribution in [-0.2, 0) is 7.05 Å². The predicted octanol–water partition coefficient (Wildman–Crippen LogP) is 1.30. The molecule has 1 aliphatic heterocycles. The van der Waals surface area contributed by atoms with E-state index in [0.29, 0.717) is 24.7 Å². The van der Waals surface area contributed by atoms with E-state index in [4.69, 9.17) is 0 Å². The molecule has 0 bridgehead atoms. The smallest absolute Gasteiger partial charge is 0.273 e. The van der Waals surface area contributed by atoms with Crippen molar-refractivity contribution in [3.63, 3.8) is 0 Å². The molecule has 2 aromatic rings. The van der Waals surface area contributed by atoms with E-state index in [0.717, 1.165) is 31.0 Å². The minimum absolute atomic E-state index is 0. The lowest BCUT2D eigenvalue weighted by Gasteiger charge is -2.35. The summed E-state index contributed by atoms with van der Waals surface area (Å²) in [6.07, 6.45) is 7.62. The molecule has 0 spiro atoms. The monoisotopic (exact) mass is 348 g/mol. The van der Waals surface area contributed by atoms with Gasteiger partial charge in [-0.15, -0.1) is 12.4 Å². The summed E-state index contributed by atoms with van der Waals surface area (Å²) in [5, 5.41) is 3.35. The lowest BCUT2D eigenvalue weighted by Crippen LogP contribution is -2.49. The average Bonchev–Trinajstić information content (AvgIpc) is 3.36. The highest BCUT2D eigenvalue weighted by Gasteiger charge is 2.33. The Morgan fingerprint density at radius 3 is 2.83 bits per heavy atom. The van der Waals surface area contributed by atoms with E-state index in [9.17, 15) is 4.79 Å². The first-order valence-electron chi connectivity index (χ1n) is 8.06. The van der Waals surface area contributed by atoms with Gasteiger partial charge in [-0.05, 0) is 18.9 Å². The molecule has 4 rings (SSSR count). The third kappa shape index (κ3) is 3.14. The minimum Gasteiger partial charge on any atom is -0.336 e. The first-order valence-corrected chi connectivity index (χ1v) is 8.06. The van der Waals surface area contributed by atoms with Crippen molar-refractivity contribution in [2.24, 2.45) is 7.05 Å². The fourth-order valence-electron chi connectivity index (χ4n) is 3.05. The number of hydrogen-bond acceptors (Lipinski definition) is 5. The van der Waals surface area contributed by atoms with E-state index in [1.54, 1.807) is 18.5 Å². The van der Waals surface area contributed by atoms with E-state index in [2.05, 4.69) is 20.3 Å². The molecule has 1 unspecified atom stereocenters. The molecule has 7 nitrogen and oxygen atoms in total. The van der Waals surface area contributed by atoms with Gasteiger partial charge in [0.2, 0.25) is 0 Å². The topological polar surface area (TPSA) is 75.9 Å². The van der Waals surface area contributed by atoms with Crippen LogP contribution in [0.2, 0.25) is 0 Å². The Morgan fingerprint density at radius 1 is 1.29 bits per heavy atom. The van der Waals surface area contributed by atoms with Crippen LogP contribution >= 0.6 is 12.4 Å². The molecule has 8 heteroatoms. The second kappa shape index (κ2) is 6.86. The number of aromatic nitrogens is 4. The minimum atomic E-state index is -0.0735. The number of imidazole rings is 1. The molecule has 0 aromatic carbocycles. The summed E-state index contributed by atoms with van der Waals surface area (Å²) in [6.45, 7) is 2.14. The molecule has 2 aromatic heterocycles. The lowest BCUT2D eigenvalue weighted by atomic mass is 10.1. The Labute approximate surface area is 146 Å². The number of hydrogen-bond donors (Lipinski definition) is 1. The van der Waals surface area contributed by atoms with Gasteiger partial charge in [0.05, 0.1) is 0 Å². The maximum absolute atomic E-state index is 13.0. The number of halogens is 1. The predicted molar refractivity (Wildman–Crippen MR) is 91.1 cm³/mol. The molecule has 1 amide bonds. The first kappa shape index (κ1) is 16.9. The van der Waals surface area contributed by atoms with Gasteiger partial charge in [-0.2, -0.15) is 0 Å². The third-order valence-corrected chi connectivity index (χ3v) is 4.50. The van der Waals surface area contributed by atoms with Gasteiger partial charge in [0.25, 0.3) is 5.91 Å². The number of carbonyl (C=O) groups is 1. The molecule has 1 saturated heterocycles. The number of nitrogens with zero attached hydrogens (tertiary/aromatic N) is 5. The standard InChI is InChI=1S/C16H20N6O.ClH/c1-21-8-7-19-15(21)13-10-17-6-9-22(13)16(23)12-4-5-18-14(20-12)11-2-3-11;/h4-5,7-8,11,13,17H,2-3,6,9-10H2,1H3;1H. The van der Waals surface area contributed by atoms with E-state index >= 15 is 0 Å². The van der Waals surface area contributed by atoms with Crippen LogP contribution in [0.3, 0.4) is 0 Å². The van der Waals surface area contributed by atoms with Crippen molar-refractivity contribution in [3.8, 4) is 0 Å². The van der Waals surface area contributed by atoms with Crippen LogP contribution < -0.4 is 5.32 Å². The van der Waals surface area contributed by atoms with Crippen LogP contribution in [0, 0.1) is 0 Å². The number of carbonyl (C=O) groups excluding carboxylic acids is 1. The zero-order chi connectivity index (χ0) is 15.8. The summed E-state index contributed by atoms with van der Waals surface area (Å²) >= 11 is 0. The second-order valence-corrected chi connectivity index (χ2v) is 6.19. The molecule has 2 aliphatic rings. The van der Waals surface area contributed by atoms with Crippen LogP contribution in [0.4, 0.5) is 0 Å². The van der Waals surface area contributed by atoms with Crippen molar-refractivity contribution >= 4 is 18.3 Å². The van der Waals surface area contributed by atoms with Crippen LogP contribution in [-0.4, -0.2) is 50.0 Å². The van der Waals surface area contributed by atoms with Crippen molar-refractivity contribution < 1.29 is 4.79 Å². The quantitative estimate of drug-likeness (QED) is 0.904. The Balaban J connectivity index is 0.00000169. The summed E-state index contributed by atoms with van der Waals surface area (Å²) < 4.78 is 1.97. The van der Waals surface area contributed by atoms with Crippen LogP contribution in [0.1, 0.15) is 46.9 Å². The SMILES string of the molecule is Cl.Cn1ccnc1C1CNCCN1C(=O)c1ccnc(C2CC2)n1. The van der Waals surface area contributed by atoms with Crippen molar-refractivity contribution in [1.82, 2.24) is 29.7 Å². The Kier molecular flexibility index (Phi) is 4.82. The Morgan fingerprint density at radius 2 is 2.12 bits per heavy atom. The number of nitrogens with one attached hydrogen (secondary N) is 1. The highest BCUT2D eigenvalue weighted by molar-refractivity contribution is 5.92. The first-order chi connectivity index (χ1) is 11.2. The maximum Gasteiger partial charge on any atom is 0.273 e. The van der Waals surface area contributed by atoms with Gasteiger partial charge in [0.1, 0.15) is 23.4 Å². The van der Waals surface area contributed by atoms with Crippen molar-refractivity contribution in [3.05, 3.63) is 42.0 Å². The molecular formula is C16H21ClN6O. The second-order valence-electron chi connectivity index (χ2n) is 6.19. The lowest BCUT2D eigenvalue weighted by molar-refractivity contribution is 0.0614. The molecule has 1 N–H and O–H groups in total. The largest absolute Gasteiger partial charge is 0.336 e. The number of amides is 1. The molecule has 24 heavy (non-hydrogen) atoms. The van der Waals surface area contributed by atoms with Crippen LogP contribution in [0.15, 0.2) is 24.7 Å². The molecule has 1 aliphatic carbocycles. The Bertz CT molecular complexity index is 729. The molecule has 1 saturated carbocycles. The highest BCUT2D eigenvalue weighted by atomic mass is 35.5.